The summed E-state index contributed by atoms with van der Waals surface area (Å²) in [6, 6.07) is 59.3. The van der Waals surface area contributed by atoms with Gasteiger partial charge >= 0.3 is 17.9 Å². The van der Waals surface area contributed by atoms with Crippen molar-refractivity contribution < 1.29 is 43.9 Å². The second kappa shape index (κ2) is 29.2. The molecule has 0 aliphatic carbocycles. The van der Waals surface area contributed by atoms with E-state index in [0.717, 1.165) is 59.9 Å². The standard InChI is InChI=1S/3C21H15Br2N3O3.3CH4/c3*1-21(20(27)28,13-6-8-14(22)9-7-13)29-19-11-10-15(23)12-18(19)26-24-16-4-2-3-5-17(16)25-26;;;/h3*2-12H,1H3,(H,27,28);3*1H4. The first-order valence-corrected chi connectivity index (χ1v) is 30.8. The number of aromatic nitrogens is 9. The Morgan fingerprint density at radius 1 is 0.322 bits per heavy atom. The van der Waals surface area contributed by atoms with Gasteiger partial charge in [0.2, 0.25) is 16.8 Å². The average molecular weight is 1600 g/mol. The number of hydrogen-bond acceptors (Lipinski definition) is 12. The van der Waals surface area contributed by atoms with Gasteiger partial charge in [-0.3, -0.25) is 0 Å². The zero-order valence-corrected chi connectivity index (χ0v) is 55.2. The summed E-state index contributed by atoms with van der Waals surface area (Å²) in [5, 5.41) is 56.9. The molecule has 90 heavy (non-hydrogen) atoms. The van der Waals surface area contributed by atoms with Gasteiger partial charge in [0, 0.05) is 43.5 Å². The monoisotopic (exact) mass is 1590 g/mol. The lowest BCUT2D eigenvalue weighted by molar-refractivity contribution is -0.155. The van der Waals surface area contributed by atoms with Gasteiger partial charge in [-0.25, -0.2) is 14.4 Å². The van der Waals surface area contributed by atoms with E-state index < -0.39 is 34.7 Å². The predicted octanol–water partition coefficient (Wildman–Crippen LogP) is 17.9. The van der Waals surface area contributed by atoms with Crippen LogP contribution in [0, 0.1) is 0 Å². The summed E-state index contributed by atoms with van der Waals surface area (Å²) >= 11 is 20.5. The molecular weight excluding hydrogens is 1540 g/mol. The fourth-order valence-corrected chi connectivity index (χ4v) is 10.6. The van der Waals surface area contributed by atoms with Crippen molar-refractivity contribution in [1.29, 1.82) is 0 Å². The van der Waals surface area contributed by atoms with Crippen LogP contribution in [0.2, 0.25) is 0 Å². The Balaban J connectivity index is 0.000000189. The van der Waals surface area contributed by atoms with Crippen molar-refractivity contribution in [2.24, 2.45) is 0 Å². The van der Waals surface area contributed by atoms with E-state index in [1.54, 1.807) is 127 Å². The number of hydrogen-bond donors (Lipinski definition) is 3. The first-order valence-electron chi connectivity index (χ1n) is 26.0. The minimum absolute atomic E-state index is 0. The van der Waals surface area contributed by atoms with Gasteiger partial charge in [0.25, 0.3) is 0 Å². The van der Waals surface area contributed by atoms with E-state index in [9.17, 15) is 29.7 Å². The molecule has 3 aromatic heterocycles. The number of carbonyl (C=O) groups is 3. The smallest absolute Gasteiger partial charge is 0.352 e. The molecule has 0 spiro atoms. The molecule has 0 aliphatic rings. The lowest BCUT2D eigenvalue weighted by Crippen LogP contribution is -2.38. The molecule has 0 amide bonds. The van der Waals surface area contributed by atoms with Crippen LogP contribution in [-0.4, -0.2) is 78.2 Å². The topological polar surface area (TPSA) is 232 Å². The number of aliphatic carboxylic acids is 3. The average Bonchev–Trinajstić information content (AvgIpc) is 1.33. The SMILES string of the molecule is C.C.C.CC(Oc1ccc(Br)cc1-n1nc2ccccc2n1)(C(=O)O)c1ccc(Br)cc1.CC(Oc1ccc(Br)cc1-n1nc2ccccc2n1)(C(=O)O)c1ccc(Br)cc1.CC(Oc1ccc(Br)cc1-n1nc2ccccc2n1)(C(=O)O)c1ccc(Br)cc1. The Labute approximate surface area is 568 Å². The molecule has 0 aliphatic heterocycles. The van der Waals surface area contributed by atoms with Crippen molar-refractivity contribution in [2.75, 3.05) is 0 Å². The number of rotatable bonds is 15. The van der Waals surface area contributed by atoms with Crippen molar-refractivity contribution >= 4 is 147 Å². The van der Waals surface area contributed by atoms with Crippen LogP contribution in [0.3, 0.4) is 0 Å². The van der Waals surface area contributed by atoms with Gasteiger partial charge in [-0.15, -0.1) is 45.0 Å². The highest BCUT2D eigenvalue weighted by molar-refractivity contribution is 9.11. The third kappa shape index (κ3) is 15.2. The first kappa shape index (κ1) is 69.3. The van der Waals surface area contributed by atoms with Gasteiger partial charge in [0.05, 0.1) is 0 Å². The van der Waals surface area contributed by atoms with Crippen molar-refractivity contribution in [3.63, 3.8) is 0 Å². The van der Waals surface area contributed by atoms with E-state index in [0.29, 0.717) is 51.0 Å². The van der Waals surface area contributed by atoms with Gasteiger partial charge < -0.3 is 29.5 Å². The minimum atomic E-state index is -1.60. The molecule has 9 aromatic carbocycles. The Bertz CT molecular complexity index is 3980. The Morgan fingerprint density at radius 2 is 0.511 bits per heavy atom. The summed E-state index contributed by atoms with van der Waals surface area (Å²) in [5.41, 5.74) is 2.70. The summed E-state index contributed by atoms with van der Waals surface area (Å²) in [4.78, 5) is 40.9. The lowest BCUT2D eigenvalue weighted by Gasteiger charge is -2.28. The van der Waals surface area contributed by atoms with Crippen LogP contribution in [0.1, 0.15) is 59.7 Å². The molecule has 24 heteroatoms. The molecule has 3 unspecified atom stereocenters. The van der Waals surface area contributed by atoms with Gasteiger partial charge in [-0.1, -0.05) is 191 Å². The van der Waals surface area contributed by atoms with Gasteiger partial charge in [-0.2, -0.15) is 0 Å². The van der Waals surface area contributed by atoms with E-state index in [1.807, 2.05) is 72.8 Å². The van der Waals surface area contributed by atoms with Crippen molar-refractivity contribution in [3.05, 3.63) is 244 Å². The molecule has 462 valence electrons. The summed E-state index contributed by atoms with van der Waals surface area (Å²) in [7, 11) is 0. The van der Waals surface area contributed by atoms with Crippen LogP contribution < -0.4 is 14.2 Å². The highest BCUT2D eigenvalue weighted by Gasteiger charge is 2.41. The molecule has 3 heterocycles. The number of ether oxygens (including phenoxy) is 3. The molecule has 3 atom stereocenters. The fraction of sp³-hybridized carbons (Fsp3) is 0.136. The van der Waals surface area contributed by atoms with E-state index in [-0.39, 0.29) is 22.3 Å². The summed E-state index contributed by atoms with van der Waals surface area (Å²) < 4.78 is 23.2. The maximum Gasteiger partial charge on any atom is 0.352 e. The fourth-order valence-electron chi connectivity index (χ4n) is 8.74. The molecule has 0 radical (unpaired) electrons. The number of carboxylic acid groups (broad SMARTS) is 3. The van der Waals surface area contributed by atoms with Crippen LogP contribution in [0.25, 0.3) is 50.2 Å². The van der Waals surface area contributed by atoms with Crippen LogP contribution in [-0.2, 0) is 31.2 Å². The van der Waals surface area contributed by atoms with E-state index >= 15 is 0 Å². The second-order valence-electron chi connectivity index (χ2n) is 19.6. The molecule has 0 saturated carbocycles. The summed E-state index contributed by atoms with van der Waals surface area (Å²) in [6.07, 6.45) is 0. The Morgan fingerprint density at radius 3 is 0.700 bits per heavy atom. The van der Waals surface area contributed by atoms with Crippen LogP contribution >= 0.6 is 95.6 Å². The van der Waals surface area contributed by atoms with Crippen LogP contribution in [0.4, 0.5) is 0 Å². The summed E-state index contributed by atoms with van der Waals surface area (Å²) in [6.45, 7) is 4.58. The second-order valence-corrected chi connectivity index (χ2v) is 25.1. The Kier molecular flexibility index (Phi) is 22.5. The highest BCUT2D eigenvalue weighted by Crippen LogP contribution is 2.38. The van der Waals surface area contributed by atoms with E-state index in [1.165, 1.54) is 35.2 Å². The first-order chi connectivity index (χ1) is 41.6. The van der Waals surface area contributed by atoms with Crippen molar-refractivity contribution in [3.8, 4) is 34.3 Å². The predicted molar refractivity (Wildman–Crippen MR) is 369 cm³/mol. The van der Waals surface area contributed by atoms with Gasteiger partial charge in [0.15, 0.2) is 0 Å². The van der Waals surface area contributed by atoms with Crippen molar-refractivity contribution in [1.82, 2.24) is 45.0 Å². The summed E-state index contributed by atoms with van der Waals surface area (Å²) in [5.74, 6) is -2.27. The molecule has 12 rings (SSSR count). The zero-order valence-electron chi connectivity index (χ0n) is 45.6. The van der Waals surface area contributed by atoms with Gasteiger partial charge in [0.1, 0.15) is 67.4 Å². The third-order valence-corrected chi connectivity index (χ3v) is 16.7. The molecular formula is C66H57Br6N9O9. The molecule has 0 fully saturated rings. The number of fused-ring (bicyclic) bond motifs is 3. The minimum Gasteiger partial charge on any atom is -0.478 e. The number of benzene rings is 9. The molecule has 0 bridgehead atoms. The quantitative estimate of drug-likeness (QED) is 0.0866. The normalized spacial score (nSPS) is 12.8. The van der Waals surface area contributed by atoms with Crippen LogP contribution in [0.5, 0.6) is 17.2 Å². The van der Waals surface area contributed by atoms with Crippen molar-refractivity contribution in [2.45, 2.75) is 59.9 Å². The molecule has 18 nitrogen and oxygen atoms in total. The molecule has 12 aromatic rings. The maximum absolute atomic E-state index is 12.2. The number of halogens is 6. The largest absolute Gasteiger partial charge is 0.478 e. The molecule has 3 N–H and O–H groups in total. The number of carboxylic acids is 3. The zero-order chi connectivity index (χ0) is 61.8. The Hall–Kier alpha value is -8.13. The van der Waals surface area contributed by atoms with E-state index in [2.05, 4.69) is 126 Å². The third-order valence-electron chi connectivity index (χ3n) is 13.6. The van der Waals surface area contributed by atoms with E-state index in [4.69, 9.17) is 14.2 Å². The molecule has 0 saturated heterocycles. The lowest BCUT2D eigenvalue weighted by atomic mass is 9.96. The van der Waals surface area contributed by atoms with Gasteiger partial charge in [-0.05, 0) is 148 Å². The van der Waals surface area contributed by atoms with Crippen LogP contribution in [0.15, 0.2) is 227 Å². The number of nitrogens with zero attached hydrogens (tertiary/aromatic N) is 9. The highest BCUT2D eigenvalue weighted by atomic mass is 79.9. The maximum atomic E-state index is 12.2.